The van der Waals surface area contributed by atoms with Gasteiger partial charge in [-0.25, -0.2) is 4.63 Å². The monoisotopic (exact) mass is 318 g/mol. The van der Waals surface area contributed by atoms with Crippen LogP contribution in [0.4, 0.5) is 0 Å². The molecule has 0 aliphatic heterocycles. The maximum atomic E-state index is 12.3. The molecule has 3 heterocycles. The number of thiophene rings is 1. The van der Waals surface area contributed by atoms with Gasteiger partial charge in [0.1, 0.15) is 11.4 Å². The SMILES string of the molecule is CCc1c(C(=O)NCc2nonc2C)noc1-c1cccs1. The molecule has 0 fully saturated rings. The van der Waals surface area contributed by atoms with Crippen LogP contribution in [-0.2, 0) is 13.0 Å². The molecule has 114 valence electrons. The molecule has 0 saturated carbocycles. The average molecular weight is 318 g/mol. The number of nitrogens with one attached hydrogen (secondary N) is 1. The summed E-state index contributed by atoms with van der Waals surface area (Å²) >= 11 is 1.55. The van der Waals surface area contributed by atoms with E-state index in [1.165, 1.54) is 0 Å². The summed E-state index contributed by atoms with van der Waals surface area (Å²) in [4.78, 5) is 13.3. The van der Waals surface area contributed by atoms with E-state index in [1.54, 1.807) is 18.3 Å². The van der Waals surface area contributed by atoms with Gasteiger partial charge in [-0.05, 0) is 24.8 Å². The second kappa shape index (κ2) is 6.10. The van der Waals surface area contributed by atoms with E-state index in [2.05, 4.69) is 25.4 Å². The number of aromatic nitrogens is 3. The maximum absolute atomic E-state index is 12.3. The van der Waals surface area contributed by atoms with Gasteiger partial charge in [-0.3, -0.25) is 4.79 Å². The molecule has 0 bridgehead atoms. The predicted molar refractivity (Wildman–Crippen MR) is 79.4 cm³/mol. The quantitative estimate of drug-likeness (QED) is 0.777. The lowest BCUT2D eigenvalue weighted by molar-refractivity contribution is 0.0940. The van der Waals surface area contributed by atoms with E-state index in [0.29, 0.717) is 29.3 Å². The number of aryl methyl sites for hydroxylation is 1. The Morgan fingerprint density at radius 2 is 2.23 bits per heavy atom. The molecule has 0 radical (unpaired) electrons. The standard InChI is InChI=1S/C14H14N4O3S/c1-3-9-12(18-20-13(9)11-5-4-6-22-11)14(19)15-7-10-8(2)16-21-17-10/h4-6H,3,7H2,1-2H3,(H,15,19). The molecule has 7 nitrogen and oxygen atoms in total. The molecule has 0 aromatic carbocycles. The molecule has 0 aliphatic rings. The van der Waals surface area contributed by atoms with Crippen LogP contribution in [0.3, 0.4) is 0 Å². The van der Waals surface area contributed by atoms with Gasteiger partial charge in [0.05, 0.1) is 11.4 Å². The molecule has 0 saturated heterocycles. The van der Waals surface area contributed by atoms with Gasteiger partial charge < -0.3 is 9.84 Å². The first-order valence-corrected chi connectivity index (χ1v) is 7.67. The number of nitrogens with zero attached hydrogens (tertiary/aromatic N) is 3. The van der Waals surface area contributed by atoms with Crippen LogP contribution in [0.2, 0.25) is 0 Å². The zero-order valence-corrected chi connectivity index (χ0v) is 12.9. The summed E-state index contributed by atoms with van der Waals surface area (Å²) < 4.78 is 9.96. The Labute approximate surface area is 130 Å². The first-order chi connectivity index (χ1) is 10.7. The zero-order chi connectivity index (χ0) is 15.5. The molecule has 0 atom stereocenters. The molecule has 3 aromatic heterocycles. The van der Waals surface area contributed by atoms with Gasteiger partial charge >= 0.3 is 0 Å². The van der Waals surface area contributed by atoms with E-state index in [-0.39, 0.29) is 12.5 Å². The van der Waals surface area contributed by atoms with Crippen LogP contribution in [0.1, 0.15) is 34.4 Å². The lowest BCUT2D eigenvalue weighted by Crippen LogP contribution is -2.24. The molecule has 0 spiro atoms. The smallest absolute Gasteiger partial charge is 0.274 e. The molecule has 3 rings (SSSR count). The highest BCUT2D eigenvalue weighted by Gasteiger charge is 2.22. The fourth-order valence-electron chi connectivity index (χ4n) is 2.07. The van der Waals surface area contributed by atoms with E-state index in [1.807, 2.05) is 24.4 Å². The zero-order valence-electron chi connectivity index (χ0n) is 12.1. The van der Waals surface area contributed by atoms with E-state index in [4.69, 9.17) is 4.52 Å². The van der Waals surface area contributed by atoms with Gasteiger partial charge in [-0.2, -0.15) is 0 Å². The van der Waals surface area contributed by atoms with E-state index >= 15 is 0 Å². The van der Waals surface area contributed by atoms with E-state index < -0.39 is 0 Å². The maximum Gasteiger partial charge on any atom is 0.274 e. The van der Waals surface area contributed by atoms with Crippen molar-refractivity contribution >= 4 is 17.2 Å². The number of rotatable bonds is 5. The number of hydrogen-bond acceptors (Lipinski definition) is 7. The fraction of sp³-hybridized carbons (Fsp3) is 0.286. The van der Waals surface area contributed by atoms with Crippen LogP contribution >= 0.6 is 11.3 Å². The molecular weight excluding hydrogens is 304 g/mol. The van der Waals surface area contributed by atoms with Crippen molar-refractivity contribution in [3.8, 4) is 10.6 Å². The minimum atomic E-state index is -0.300. The second-order valence-corrected chi connectivity index (χ2v) is 5.60. The molecule has 22 heavy (non-hydrogen) atoms. The van der Waals surface area contributed by atoms with E-state index in [9.17, 15) is 4.79 Å². The minimum absolute atomic E-state index is 0.235. The third kappa shape index (κ3) is 2.64. The predicted octanol–water partition coefficient (Wildman–Crippen LogP) is 2.59. The Bertz CT molecular complexity index is 776. The van der Waals surface area contributed by atoms with Gasteiger partial charge in [-0.1, -0.05) is 28.5 Å². The summed E-state index contributed by atoms with van der Waals surface area (Å²) in [5, 5.41) is 16.0. The third-order valence-corrected chi connectivity index (χ3v) is 4.13. The summed E-state index contributed by atoms with van der Waals surface area (Å²) in [7, 11) is 0. The normalized spacial score (nSPS) is 10.8. The molecule has 0 aliphatic carbocycles. The summed E-state index contributed by atoms with van der Waals surface area (Å²) in [6, 6.07) is 3.87. The van der Waals surface area contributed by atoms with Crippen molar-refractivity contribution in [1.29, 1.82) is 0 Å². The molecule has 1 N–H and O–H groups in total. The van der Waals surface area contributed by atoms with Crippen LogP contribution in [0, 0.1) is 6.92 Å². The van der Waals surface area contributed by atoms with Crippen molar-refractivity contribution in [3.63, 3.8) is 0 Å². The van der Waals surface area contributed by atoms with E-state index in [0.717, 1.165) is 10.4 Å². The van der Waals surface area contributed by atoms with Gasteiger partial charge in [0.25, 0.3) is 5.91 Å². The van der Waals surface area contributed by atoms with Crippen LogP contribution in [0.5, 0.6) is 0 Å². The van der Waals surface area contributed by atoms with Crippen LogP contribution < -0.4 is 5.32 Å². The average Bonchev–Trinajstić information content (AvgIpc) is 3.24. The second-order valence-electron chi connectivity index (χ2n) is 4.65. The summed E-state index contributed by atoms with van der Waals surface area (Å²) in [5.74, 6) is 0.354. The Hall–Kier alpha value is -2.48. The number of amides is 1. The molecule has 8 heteroatoms. The van der Waals surface area contributed by atoms with Crippen molar-refractivity contribution in [3.05, 3.63) is 40.2 Å². The first kappa shape index (κ1) is 14.5. The Morgan fingerprint density at radius 1 is 1.36 bits per heavy atom. The number of hydrogen-bond donors (Lipinski definition) is 1. The lowest BCUT2D eigenvalue weighted by Gasteiger charge is -2.02. The molecule has 3 aromatic rings. The number of carbonyl (C=O) groups is 1. The summed E-state index contributed by atoms with van der Waals surface area (Å²) in [5.41, 5.74) is 2.35. The molecular formula is C14H14N4O3S. The molecule has 1 amide bonds. The summed E-state index contributed by atoms with van der Waals surface area (Å²) in [6.45, 7) is 3.96. The van der Waals surface area contributed by atoms with Gasteiger partial charge in [0.15, 0.2) is 11.5 Å². The largest absolute Gasteiger partial charge is 0.354 e. The van der Waals surface area contributed by atoms with Crippen LogP contribution in [0.25, 0.3) is 10.6 Å². The Morgan fingerprint density at radius 3 is 2.86 bits per heavy atom. The van der Waals surface area contributed by atoms with Gasteiger partial charge in [0, 0.05) is 5.56 Å². The van der Waals surface area contributed by atoms with Crippen LogP contribution in [0.15, 0.2) is 26.7 Å². The summed E-state index contributed by atoms with van der Waals surface area (Å²) in [6.07, 6.45) is 0.657. The van der Waals surface area contributed by atoms with Crippen LogP contribution in [-0.4, -0.2) is 21.4 Å². The van der Waals surface area contributed by atoms with Gasteiger partial charge in [-0.15, -0.1) is 11.3 Å². The van der Waals surface area contributed by atoms with Crippen molar-refractivity contribution in [2.24, 2.45) is 0 Å². The lowest BCUT2D eigenvalue weighted by atomic mass is 10.1. The highest BCUT2D eigenvalue weighted by Crippen LogP contribution is 2.30. The third-order valence-electron chi connectivity index (χ3n) is 3.26. The van der Waals surface area contributed by atoms with Crippen molar-refractivity contribution in [1.82, 2.24) is 20.8 Å². The van der Waals surface area contributed by atoms with Crippen molar-refractivity contribution in [2.75, 3.05) is 0 Å². The minimum Gasteiger partial charge on any atom is -0.354 e. The van der Waals surface area contributed by atoms with Gasteiger partial charge in [0.2, 0.25) is 0 Å². The first-order valence-electron chi connectivity index (χ1n) is 6.79. The van der Waals surface area contributed by atoms with Crippen molar-refractivity contribution < 1.29 is 13.9 Å². The number of carbonyl (C=O) groups excluding carboxylic acids is 1. The Balaban J connectivity index is 1.79. The fourth-order valence-corrected chi connectivity index (χ4v) is 2.80. The Kier molecular flexibility index (Phi) is 4.01. The highest BCUT2D eigenvalue weighted by atomic mass is 32.1. The topological polar surface area (TPSA) is 94.1 Å². The molecule has 0 unspecified atom stereocenters. The highest BCUT2D eigenvalue weighted by molar-refractivity contribution is 7.13. The van der Waals surface area contributed by atoms with Crippen molar-refractivity contribution in [2.45, 2.75) is 26.8 Å².